The molecule has 3 nitrogen and oxygen atoms in total. The lowest BCUT2D eigenvalue weighted by molar-refractivity contribution is -0.132. The van der Waals surface area contributed by atoms with Crippen LogP contribution in [0.15, 0.2) is 0 Å². The number of methoxy groups -OCH3 is 1. The van der Waals surface area contributed by atoms with E-state index in [-0.39, 0.29) is 0 Å². The molecular weight excluding hydrogens is 334 g/mol. The first-order valence-corrected chi connectivity index (χ1v) is 12.0. The second-order valence-corrected chi connectivity index (χ2v) is 8.60. The minimum Gasteiger partial charge on any atom is -0.385 e. The molecule has 160 valence electrons. The van der Waals surface area contributed by atoms with Crippen LogP contribution in [0.2, 0.25) is 0 Å². The van der Waals surface area contributed by atoms with Crippen LogP contribution in [0.4, 0.5) is 0 Å². The summed E-state index contributed by atoms with van der Waals surface area (Å²) in [5.74, 6) is 1.15. The first-order chi connectivity index (χ1) is 13.3. The number of carbonyl (C=O) groups excluding carboxylic acids is 1. The molecule has 0 aliphatic carbocycles. The third-order valence-electron chi connectivity index (χ3n) is 6.19. The van der Waals surface area contributed by atoms with Gasteiger partial charge in [-0.15, -0.1) is 0 Å². The molecule has 0 aromatic carbocycles. The number of hydrogen-bond acceptors (Lipinski definition) is 2. The van der Waals surface area contributed by atoms with Crippen molar-refractivity contribution in [2.45, 2.75) is 116 Å². The molecule has 0 bridgehead atoms. The Labute approximate surface area is 169 Å². The van der Waals surface area contributed by atoms with Crippen molar-refractivity contribution in [1.82, 2.24) is 4.90 Å². The number of ether oxygens (including phenoxy) is 1. The Hall–Kier alpha value is -0.570. The van der Waals surface area contributed by atoms with E-state index in [1.165, 1.54) is 77.0 Å². The van der Waals surface area contributed by atoms with Gasteiger partial charge in [0.1, 0.15) is 0 Å². The summed E-state index contributed by atoms with van der Waals surface area (Å²) in [6.07, 6.45) is 21.9. The molecule has 1 heterocycles. The van der Waals surface area contributed by atoms with Gasteiger partial charge in [0.05, 0.1) is 0 Å². The van der Waals surface area contributed by atoms with Crippen LogP contribution in [-0.4, -0.2) is 37.6 Å². The highest BCUT2D eigenvalue weighted by Gasteiger charge is 2.21. The van der Waals surface area contributed by atoms with Crippen LogP contribution in [0.1, 0.15) is 116 Å². The number of piperidine rings is 1. The van der Waals surface area contributed by atoms with E-state index in [0.717, 1.165) is 57.7 Å². The smallest absolute Gasteiger partial charge is 0.222 e. The van der Waals surface area contributed by atoms with Crippen molar-refractivity contribution in [3.8, 4) is 0 Å². The van der Waals surface area contributed by atoms with Gasteiger partial charge in [0.25, 0.3) is 0 Å². The zero-order chi connectivity index (χ0) is 19.6. The Morgan fingerprint density at radius 2 is 1.30 bits per heavy atom. The zero-order valence-electron chi connectivity index (χ0n) is 18.5. The molecule has 0 unspecified atom stereocenters. The number of carbonyl (C=O) groups is 1. The predicted octanol–water partition coefficient (Wildman–Crippen LogP) is 6.74. The van der Waals surface area contributed by atoms with E-state index in [1.807, 2.05) is 0 Å². The first-order valence-electron chi connectivity index (χ1n) is 12.0. The van der Waals surface area contributed by atoms with Gasteiger partial charge in [0.2, 0.25) is 5.91 Å². The van der Waals surface area contributed by atoms with Gasteiger partial charge in [-0.2, -0.15) is 0 Å². The quantitative estimate of drug-likeness (QED) is 0.261. The molecule has 1 fully saturated rings. The highest BCUT2D eigenvalue weighted by atomic mass is 16.5. The molecule has 0 saturated carbocycles. The predicted molar refractivity (Wildman–Crippen MR) is 116 cm³/mol. The van der Waals surface area contributed by atoms with Crippen molar-refractivity contribution in [1.29, 1.82) is 0 Å². The maximum absolute atomic E-state index is 12.3. The van der Waals surface area contributed by atoms with Crippen molar-refractivity contribution >= 4 is 5.91 Å². The van der Waals surface area contributed by atoms with Gasteiger partial charge in [0, 0.05) is 33.2 Å². The van der Waals surface area contributed by atoms with Crippen LogP contribution in [0.5, 0.6) is 0 Å². The van der Waals surface area contributed by atoms with Crippen LogP contribution >= 0.6 is 0 Å². The van der Waals surface area contributed by atoms with Gasteiger partial charge in [-0.25, -0.2) is 0 Å². The molecule has 0 atom stereocenters. The number of unbranched alkanes of at least 4 members (excludes halogenated alkanes) is 12. The normalized spacial score (nSPS) is 15.4. The molecule has 1 aliphatic heterocycles. The average molecular weight is 382 g/mol. The Morgan fingerprint density at radius 1 is 0.815 bits per heavy atom. The van der Waals surface area contributed by atoms with Gasteiger partial charge in [-0.3, -0.25) is 4.79 Å². The third-order valence-corrected chi connectivity index (χ3v) is 6.19. The van der Waals surface area contributed by atoms with Crippen LogP contribution in [0.3, 0.4) is 0 Å². The molecule has 0 radical (unpaired) electrons. The van der Waals surface area contributed by atoms with Gasteiger partial charge in [-0.05, 0) is 31.6 Å². The standard InChI is InChI=1S/C24H47NO2/c1-3-4-5-6-7-8-9-10-11-12-13-14-15-16-24(26)25-20-17-23(18-21-25)19-22-27-2/h23H,3-22H2,1-2H3. The number of nitrogens with zero attached hydrogens (tertiary/aromatic N) is 1. The van der Waals surface area contributed by atoms with Gasteiger partial charge in [-0.1, -0.05) is 84.0 Å². The van der Waals surface area contributed by atoms with Crippen molar-refractivity contribution in [3.05, 3.63) is 0 Å². The zero-order valence-corrected chi connectivity index (χ0v) is 18.5. The highest BCUT2D eigenvalue weighted by molar-refractivity contribution is 5.76. The lowest BCUT2D eigenvalue weighted by Crippen LogP contribution is -2.38. The summed E-state index contributed by atoms with van der Waals surface area (Å²) in [5.41, 5.74) is 0. The lowest BCUT2D eigenvalue weighted by atomic mass is 9.93. The molecule has 1 rings (SSSR count). The van der Waals surface area contributed by atoms with E-state index < -0.39 is 0 Å². The summed E-state index contributed by atoms with van der Waals surface area (Å²) in [6.45, 7) is 5.07. The minimum atomic E-state index is 0.392. The van der Waals surface area contributed by atoms with E-state index in [1.54, 1.807) is 7.11 Å². The fourth-order valence-electron chi connectivity index (χ4n) is 4.21. The fourth-order valence-corrected chi connectivity index (χ4v) is 4.21. The van der Waals surface area contributed by atoms with E-state index in [2.05, 4.69) is 11.8 Å². The maximum Gasteiger partial charge on any atom is 0.222 e. The number of likely N-dealkylation sites (tertiary alicyclic amines) is 1. The lowest BCUT2D eigenvalue weighted by Gasteiger charge is -2.32. The Morgan fingerprint density at radius 3 is 1.78 bits per heavy atom. The van der Waals surface area contributed by atoms with Crippen LogP contribution < -0.4 is 0 Å². The molecule has 3 heteroatoms. The van der Waals surface area contributed by atoms with E-state index in [0.29, 0.717) is 5.91 Å². The molecule has 0 aromatic rings. The van der Waals surface area contributed by atoms with Crippen molar-refractivity contribution in [2.75, 3.05) is 26.8 Å². The number of amides is 1. The summed E-state index contributed by atoms with van der Waals surface area (Å²) >= 11 is 0. The SMILES string of the molecule is CCCCCCCCCCCCCCCC(=O)N1CCC(CCOC)CC1. The van der Waals surface area contributed by atoms with E-state index in [4.69, 9.17) is 4.74 Å². The van der Waals surface area contributed by atoms with Crippen LogP contribution in [0, 0.1) is 5.92 Å². The van der Waals surface area contributed by atoms with Gasteiger partial charge >= 0.3 is 0 Å². The molecule has 27 heavy (non-hydrogen) atoms. The number of rotatable bonds is 17. The van der Waals surface area contributed by atoms with Gasteiger partial charge in [0.15, 0.2) is 0 Å². The first kappa shape index (κ1) is 24.5. The average Bonchev–Trinajstić information content (AvgIpc) is 2.70. The molecule has 0 N–H and O–H groups in total. The molecule has 1 saturated heterocycles. The van der Waals surface area contributed by atoms with Gasteiger partial charge < -0.3 is 9.64 Å². The summed E-state index contributed by atoms with van der Waals surface area (Å²) < 4.78 is 5.17. The fraction of sp³-hybridized carbons (Fsp3) is 0.958. The molecule has 0 aromatic heterocycles. The van der Waals surface area contributed by atoms with E-state index in [9.17, 15) is 4.79 Å². The largest absolute Gasteiger partial charge is 0.385 e. The molecule has 1 amide bonds. The maximum atomic E-state index is 12.3. The molecular formula is C24H47NO2. The monoisotopic (exact) mass is 381 g/mol. The Balaban J connectivity index is 1.85. The third kappa shape index (κ3) is 13.3. The summed E-state index contributed by atoms with van der Waals surface area (Å²) in [5, 5.41) is 0. The number of hydrogen-bond donors (Lipinski definition) is 0. The molecule has 1 aliphatic rings. The Bertz CT molecular complexity index is 337. The second-order valence-electron chi connectivity index (χ2n) is 8.60. The van der Waals surface area contributed by atoms with Crippen molar-refractivity contribution in [2.24, 2.45) is 5.92 Å². The van der Waals surface area contributed by atoms with Crippen molar-refractivity contribution < 1.29 is 9.53 Å². The van der Waals surface area contributed by atoms with Crippen molar-refractivity contribution in [3.63, 3.8) is 0 Å². The summed E-state index contributed by atoms with van der Waals surface area (Å²) in [4.78, 5) is 14.4. The molecule has 0 spiro atoms. The summed E-state index contributed by atoms with van der Waals surface area (Å²) in [6, 6.07) is 0. The minimum absolute atomic E-state index is 0.392. The van der Waals surface area contributed by atoms with Crippen LogP contribution in [-0.2, 0) is 9.53 Å². The second kappa shape index (κ2) is 17.5. The Kier molecular flexibility index (Phi) is 15.9. The van der Waals surface area contributed by atoms with E-state index >= 15 is 0 Å². The summed E-state index contributed by atoms with van der Waals surface area (Å²) in [7, 11) is 1.77. The topological polar surface area (TPSA) is 29.5 Å². The van der Waals surface area contributed by atoms with Crippen LogP contribution in [0.25, 0.3) is 0 Å². The highest BCUT2D eigenvalue weighted by Crippen LogP contribution is 2.21.